The van der Waals surface area contributed by atoms with Gasteiger partial charge in [-0.25, -0.2) is 13.8 Å². The van der Waals surface area contributed by atoms with E-state index in [0.717, 1.165) is 58.8 Å². The maximum Gasteiger partial charge on any atom is 0.255 e. The first-order chi connectivity index (χ1) is 15.5. The van der Waals surface area contributed by atoms with E-state index in [0.29, 0.717) is 5.56 Å². The Kier molecular flexibility index (Phi) is 4.93. The first-order valence-electron chi connectivity index (χ1n) is 10.1. The number of rotatable bonds is 4. The summed E-state index contributed by atoms with van der Waals surface area (Å²) in [4.78, 5) is 19.4. The summed E-state index contributed by atoms with van der Waals surface area (Å²) in [5.41, 5.74) is 3.22. The number of nitrogens with one attached hydrogen (secondary N) is 1. The Balaban J connectivity index is 1.39. The van der Waals surface area contributed by atoms with E-state index in [1.165, 1.54) is 6.07 Å². The lowest BCUT2D eigenvalue weighted by Crippen LogP contribution is -2.16. The minimum Gasteiger partial charge on any atom is -0.497 e. The van der Waals surface area contributed by atoms with E-state index >= 15 is 0 Å². The molecule has 0 bridgehead atoms. The van der Waals surface area contributed by atoms with Gasteiger partial charge in [-0.3, -0.25) is 4.79 Å². The monoisotopic (exact) mass is 431 g/mol. The zero-order valence-electron chi connectivity index (χ0n) is 17.2. The summed E-state index contributed by atoms with van der Waals surface area (Å²) in [6.07, 6.45) is 0.871. The van der Waals surface area contributed by atoms with Crippen molar-refractivity contribution in [1.82, 2.24) is 4.98 Å². The van der Waals surface area contributed by atoms with E-state index in [-0.39, 0.29) is 5.69 Å². The van der Waals surface area contributed by atoms with Gasteiger partial charge in [0.2, 0.25) is 0 Å². The van der Waals surface area contributed by atoms with Gasteiger partial charge in [0.15, 0.2) is 0 Å². The van der Waals surface area contributed by atoms with Gasteiger partial charge >= 0.3 is 0 Å². The van der Waals surface area contributed by atoms with Crippen LogP contribution in [0.4, 0.5) is 26.0 Å². The maximum atomic E-state index is 13.8. The Morgan fingerprint density at radius 1 is 1.03 bits per heavy atom. The minimum absolute atomic E-state index is 0.0690. The second-order valence-corrected chi connectivity index (χ2v) is 7.56. The van der Waals surface area contributed by atoms with Crippen molar-refractivity contribution in [2.45, 2.75) is 6.42 Å². The molecule has 0 atom stereocenters. The van der Waals surface area contributed by atoms with Gasteiger partial charge in [0, 0.05) is 35.3 Å². The molecule has 0 saturated heterocycles. The van der Waals surface area contributed by atoms with E-state index in [9.17, 15) is 13.6 Å². The van der Waals surface area contributed by atoms with Gasteiger partial charge in [-0.2, -0.15) is 0 Å². The average molecular weight is 431 g/mol. The smallest absolute Gasteiger partial charge is 0.255 e. The van der Waals surface area contributed by atoms with Gasteiger partial charge in [0.25, 0.3) is 5.91 Å². The van der Waals surface area contributed by atoms with Gasteiger partial charge in [-0.05, 0) is 66.6 Å². The van der Waals surface area contributed by atoms with E-state index in [2.05, 4.69) is 16.3 Å². The lowest BCUT2D eigenvalue weighted by atomic mass is 10.1. The number of hydrogen-bond acceptors (Lipinski definition) is 4. The van der Waals surface area contributed by atoms with Crippen LogP contribution in [0, 0.1) is 11.6 Å². The van der Waals surface area contributed by atoms with Crippen molar-refractivity contribution in [2.24, 2.45) is 0 Å². The molecule has 0 aliphatic carbocycles. The highest BCUT2D eigenvalue weighted by molar-refractivity contribution is 6.04. The third kappa shape index (κ3) is 3.62. The summed E-state index contributed by atoms with van der Waals surface area (Å²) >= 11 is 0. The number of ether oxygens (including phenoxy) is 1. The number of halogens is 2. The minimum atomic E-state index is -0.821. The number of fused-ring (bicyclic) bond motifs is 2. The standard InChI is InChI=1S/C25H19F2N3O2/c1-32-20-8-4-16-12-17-10-11-30(24(17)28-23(16)14-20)19-6-2-15(3-7-19)25(31)29-22-9-5-18(26)13-21(22)27/h2-9,12-14H,10-11H2,1H3,(H,29,31). The molecule has 4 aromatic rings. The van der Waals surface area contributed by atoms with Gasteiger partial charge in [-0.15, -0.1) is 0 Å². The molecule has 7 heteroatoms. The van der Waals surface area contributed by atoms with Crippen molar-refractivity contribution >= 4 is 34.0 Å². The molecule has 32 heavy (non-hydrogen) atoms. The molecule has 1 amide bonds. The van der Waals surface area contributed by atoms with Crippen molar-refractivity contribution in [2.75, 3.05) is 23.9 Å². The Hall–Kier alpha value is -4.00. The molecular formula is C25H19F2N3O2. The highest BCUT2D eigenvalue weighted by Gasteiger charge is 2.23. The third-order valence-electron chi connectivity index (χ3n) is 5.56. The average Bonchev–Trinajstić information content (AvgIpc) is 3.21. The molecule has 160 valence electrons. The number of amides is 1. The maximum absolute atomic E-state index is 13.8. The van der Waals surface area contributed by atoms with Crippen LogP contribution in [0.3, 0.4) is 0 Å². The van der Waals surface area contributed by atoms with Crippen molar-refractivity contribution < 1.29 is 18.3 Å². The van der Waals surface area contributed by atoms with Crippen LogP contribution in [0.15, 0.2) is 66.7 Å². The number of pyridine rings is 1. The van der Waals surface area contributed by atoms with E-state index < -0.39 is 17.5 Å². The first kappa shape index (κ1) is 19.9. The van der Waals surface area contributed by atoms with Gasteiger partial charge in [-0.1, -0.05) is 0 Å². The summed E-state index contributed by atoms with van der Waals surface area (Å²) < 4.78 is 32.2. The van der Waals surface area contributed by atoms with Crippen LogP contribution in [0.1, 0.15) is 15.9 Å². The predicted molar refractivity (Wildman–Crippen MR) is 120 cm³/mol. The largest absolute Gasteiger partial charge is 0.497 e. The molecule has 5 nitrogen and oxygen atoms in total. The number of carbonyl (C=O) groups is 1. The molecule has 1 aliphatic rings. The van der Waals surface area contributed by atoms with Crippen LogP contribution < -0.4 is 15.0 Å². The van der Waals surface area contributed by atoms with E-state index in [4.69, 9.17) is 9.72 Å². The number of benzene rings is 3. The highest BCUT2D eigenvalue weighted by Crippen LogP contribution is 2.35. The number of hydrogen-bond donors (Lipinski definition) is 1. The fraction of sp³-hybridized carbons (Fsp3) is 0.120. The fourth-order valence-corrected chi connectivity index (χ4v) is 3.89. The molecule has 2 heterocycles. The topological polar surface area (TPSA) is 54.5 Å². The third-order valence-corrected chi connectivity index (χ3v) is 5.56. The Bertz CT molecular complexity index is 1340. The first-order valence-corrected chi connectivity index (χ1v) is 10.1. The molecule has 0 spiro atoms. The SMILES string of the molecule is COc1ccc2cc3c(nc2c1)N(c1ccc(C(=O)Nc2ccc(F)cc2F)cc1)CC3. The second kappa shape index (κ2) is 7.92. The van der Waals surface area contributed by atoms with Crippen LogP contribution in [-0.2, 0) is 6.42 Å². The zero-order valence-corrected chi connectivity index (χ0v) is 17.2. The van der Waals surface area contributed by atoms with Gasteiger partial charge < -0.3 is 15.0 Å². The molecule has 1 aliphatic heterocycles. The fourth-order valence-electron chi connectivity index (χ4n) is 3.89. The normalized spacial score (nSPS) is 12.7. The Labute approximate surface area is 183 Å². The van der Waals surface area contributed by atoms with Crippen LogP contribution in [0.2, 0.25) is 0 Å². The molecule has 5 rings (SSSR count). The number of nitrogens with zero attached hydrogens (tertiary/aromatic N) is 2. The lowest BCUT2D eigenvalue weighted by molar-refractivity contribution is 0.102. The van der Waals surface area contributed by atoms with Crippen molar-refractivity contribution in [3.63, 3.8) is 0 Å². The lowest BCUT2D eigenvalue weighted by Gasteiger charge is -2.19. The van der Waals surface area contributed by atoms with E-state index in [1.807, 2.05) is 30.3 Å². The Morgan fingerprint density at radius 2 is 1.84 bits per heavy atom. The van der Waals surface area contributed by atoms with Crippen molar-refractivity contribution in [3.8, 4) is 5.75 Å². The number of anilines is 3. The molecule has 1 N–H and O–H groups in total. The summed E-state index contributed by atoms with van der Waals surface area (Å²) in [5, 5.41) is 3.53. The van der Waals surface area contributed by atoms with Gasteiger partial charge in [0.05, 0.1) is 18.3 Å². The summed E-state index contributed by atoms with van der Waals surface area (Å²) in [5.74, 6) is -0.354. The van der Waals surface area contributed by atoms with Gasteiger partial charge in [0.1, 0.15) is 23.2 Å². The molecule has 0 fully saturated rings. The van der Waals surface area contributed by atoms with Crippen LogP contribution in [-0.4, -0.2) is 24.5 Å². The Morgan fingerprint density at radius 3 is 2.59 bits per heavy atom. The quantitative estimate of drug-likeness (QED) is 0.466. The molecule has 1 aromatic heterocycles. The molecule has 0 radical (unpaired) electrons. The van der Waals surface area contributed by atoms with Crippen LogP contribution >= 0.6 is 0 Å². The number of carbonyl (C=O) groups excluding carboxylic acids is 1. The zero-order chi connectivity index (χ0) is 22.2. The van der Waals surface area contributed by atoms with Crippen molar-refractivity contribution in [1.29, 1.82) is 0 Å². The summed E-state index contributed by atoms with van der Waals surface area (Å²) in [6.45, 7) is 0.780. The number of methoxy groups -OCH3 is 1. The molecule has 3 aromatic carbocycles. The molecule has 0 saturated carbocycles. The van der Waals surface area contributed by atoms with Crippen molar-refractivity contribution in [3.05, 3.63) is 89.5 Å². The highest BCUT2D eigenvalue weighted by atomic mass is 19.1. The predicted octanol–water partition coefficient (Wildman–Crippen LogP) is 5.47. The van der Waals surface area contributed by atoms with Crippen LogP contribution in [0.25, 0.3) is 10.9 Å². The number of aromatic nitrogens is 1. The van der Waals surface area contributed by atoms with E-state index in [1.54, 1.807) is 19.2 Å². The van der Waals surface area contributed by atoms with Crippen LogP contribution in [0.5, 0.6) is 5.75 Å². The second-order valence-electron chi connectivity index (χ2n) is 7.56. The molecule has 0 unspecified atom stereocenters. The summed E-state index contributed by atoms with van der Waals surface area (Å²) in [6, 6.07) is 18.0. The molecular weight excluding hydrogens is 412 g/mol. The summed E-state index contributed by atoms with van der Waals surface area (Å²) in [7, 11) is 1.63.